The van der Waals surface area contributed by atoms with E-state index in [0.717, 1.165) is 12.8 Å². The second-order valence-corrected chi connectivity index (χ2v) is 3.16. The second-order valence-electron chi connectivity index (χ2n) is 3.16. The Morgan fingerprint density at radius 3 is 1.50 bits per heavy atom. The van der Waals surface area contributed by atoms with Crippen molar-refractivity contribution in [2.75, 3.05) is 0 Å². The molecular formula is C10H10O2. The fraction of sp³-hybridized carbons (Fsp3) is 0.400. The number of ketones is 2. The topological polar surface area (TPSA) is 34.1 Å². The molecule has 0 aromatic heterocycles. The Morgan fingerprint density at radius 2 is 1.25 bits per heavy atom. The molecule has 0 fully saturated rings. The fourth-order valence-corrected chi connectivity index (χ4v) is 1.71. The van der Waals surface area contributed by atoms with E-state index >= 15 is 0 Å². The van der Waals surface area contributed by atoms with Crippen molar-refractivity contribution in [3.05, 3.63) is 23.3 Å². The lowest BCUT2D eigenvalue weighted by atomic mass is 10.0. The average molecular weight is 162 g/mol. The SMILES string of the molecule is O=C1CCC=C1C1=CCCC1=O. The zero-order chi connectivity index (χ0) is 8.55. The van der Waals surface area contributed by atoms with E-state index in [9.17, 15) is 9.59 Å². The van der Waals surface area contributed by atoms with Crippen LogP contribution in [0.25, 0.3) is 0 Å². The molecule has 0 radical (unpaired) electrons. The molecule has 0 aliphatic heterocycles. The van der Waals surface area contributed by atoms with Gasteiger partial charge in [-0.25, -0.2) is 0 Å². The maximum atomic E-state index is 11.2. The first-order valence-corrected chi connectivity index (χ1v) is 4.26. The molecule has 2 aliphatic carbocycles. The van der Waals surface area contributed by atoms with Crippen LogP contribution in [-0.4, -0.2) is 11.6 Å². The molecule has 2 rings (SSSR count). The summed E-state index contributed by atoms with van der Waals surface area (Å²) in [6.07, 6.45) is 6.55. The molecular weight excluding hydrogens is 152 g/mol. The van der Waals surface area contributed by atoms with Gasteiger partial charge in [0.15, 0.2) is 11.6 Å². The monoisotopic (exact) mass is 162 g/mol. The second kappa shape index (κ2) is 2.70. The summed E-state index contributed by atoms with van der Waals surface area (Å²) in [7, 11) is 0. The van der Waals surface area contributed by atoms with Gasteiger partial charge in [-0.3, -0.25) is 9.59 Å². The van der Waals surface area contributed by atoms with E-state index in [4.69, 9.17) is 0 Å². The minimum Gasteiger partial charge on any atom is -0.294 e. The first-order chi connectivity index (χ1) is 5.79. The van der Waals surface area contributed by atoms with Crippen LogP contribution in [0.15, 0.2) is 23.3 Å². The highest BCUT2D eigenvalue weighted by atomic mass is 16.1. The summed E-state index contributed by atoms with van der Waals surface area (Å²) in [6.45, 7) is 0. The van der Waals surface area contributed by atoms with Gasteiger partial charge >= 0.3 is 0 Å². The third-order valence-corrected chi connectivity index (χ3v) is 2.33. The molecule has 0 aromatic rings. The lowest BCUT2D eigenvalue weighted by Gasteiger charge is -1.98. The van der Waals surface area contributed by atoms with Gasteiger partial charge in [-0.2, -0.15) is 0 Å². The summed E-state index contributed by atoms with van der Waals surface area (Å²) in [5.41, 5.74) is 1.36. The van der Waals surface area contributed by atoms with Crippen molar-refractivity contribution in [2.45, 2.75) is 25.7 Å². The standard InChI is InChI=1S/C10H10O2/c11-9-5-1-3-7(9)8-4-2-6-10(8)12/h3-4H,1-2,5-6H2. The predicted octanol–water partition coefficient (Wildman–Crippen LogP) is 1.56. The van der Waals surface area contributed by atoms with Crippen LogP contribution >= 0.6 is 0 Å². The van der Waals surface area contributed by atoms with Crippen molar-refractivity contribution in [1.29, 1.82) is 0 Å². The van der Waals surface area contributed by atoms with Crippen LogP contribution in [0.4, 0.5) is 0 Å². The van der Waals surface area contributed by atoms with Crippen LogP contribution < -0.4 is 0 Å². The van der Waals surface area contributed by atoms with Gasteiger partial charge in [0.25, 0.3) is 0 Å². The van der Waals surface area contributed by atoms with Crippen LogP contribution in [-0.2, 0) is 9.59 Å². The summed E-state index contributed by atoms with van der Waals surface area (Å²) in [6, 6.07) is 0. The van der Waals surface area contributed by atoms with Gasteiger partial charge < -0.3 is 0 Å². The first kappa shape index (κ1) is 7.47. The van der Waals surface area contributed by atoms with Crippen molar-refractivity contribution in [1.82, 2.24) is 0 Å². The molecule has 0 saturated carbocycles. The number of allylic oxidation sites excluding steroid dienone is 4. The van der Waals surface area contributed by atoms with Gasteiger partial charge in [0, 0.05) is 24.0 Å². The van der Waals surface area contributed by atoms with Crippen LogP contribution in [0.3, 0.4) is 0 Å². The third kappa shape index (κ3) is 1.04. The van der Waals surface area contributed by atoms with E-state index in [1.807, 2.05) is 12.2 Å². The Bertz CT molecular complexity index is 276. The normalized spacial score (nSPS) is 23.0. The maximum absolute atomic E-state index is 11.2. The van der Waals surface area contributed by atoms with Crippen LogP contribution in [0.2, 0.25) is 0 Å². The predicted molar refractivity (Wildman–Crippen MR) is 44.6 cm³/mol. The number of carbonyl (C=O) groups is 2. The summed E-state index contributed by atoms with van der Waals surface area (Å²) >= 11 is 0. The maximum Gasteiger partial charge on any atom is 0.163 e. The molecule has 0 N–H and O–H groups in total. The van der Waals surface area contributed by atoms with Crippen molar-refractivity contribution < 1.29 is 9.59 Å². The highest BCUT2D eigenvalue weighted by Gasteiger charge is 2.25. The van der Waals surface area contributed by atoms with Crippen LogP contribution in [0, 0.1) is 0 Å². The molecule has 0 heterocycles. The molecule has 2 aliphatic rings. The quantitative estimate of drug-likeness (QED) is 0.586. The molecule has 2 heteroatoms. The minimum absolute atomic E-state index is 0.136. The lowest BCUT2D eigenvalue weighted by molar-refractivity contribution is -0.117. The summed E-state index contributed by atoms with van der Waals surface area (Å²) in [5.74, 6) is 0.271. The summed E-state index contributed by atoms with van der Waals surface area (Å²) in [4.78, 5) is 22.5. The number of hydrogen-bond acceptors (Lipinski definition) is 2. The molecule has 62 valence electrons. The molecule has 0 bridgehead atoms. The minimum atomic E-state index is 0.136. The van der Waals surface area contributed by atoms with Gasteiger partial charge in [-0.05, 0) is 12.8 Å². The van der Waals surface area contributed by atoms with Gasteiger partial charge in [0.2, 0.25) is 0 Å². The van der Waals surface area contributed by atoms with E-state index < -0.39 is 0 Å². The Labute approximate surface area is 71.0 Å². The van der Waals surface area contributed by atoms with E-state index in [1.54, 1.807) is 0 Å². The molecule has 2 nitrogen and oxygen atoms in total. The van der Waals surface area contributed by atoms with Crippen molar-refractivity contribution in [3.63, 3.8) is 0 Å². The van der Waals surface area contributed by atoms with Crippen molar-refractivity contribution in [3.8, 4) is 0 Å². The summed E-state index contributed by atoms with van der Waals surface area (Å²) in [5, 5.41) is 0. The average Bonchev–Trinajstić information content (AvgIpc) is 2.59. The number of Topliss-reactive ketones (excluding diaryl/α,β-unsaturated/α-hetero) is 2. The number of carbonyl (C=O) groups excluding carboxylic acids is 2. The lowest BCUT2D eigenvalue weighted by Crippen LogP contribution is -2.04. The third-order valence-electron chi connectivity index (χ3n) is 2.33. The number of rotatable bonds is 1. The highest BCUT2D eigenvalue weighted by Crippen LogP contribution is 2.27. The molecule has 0 atom stereocenters. The van der Waals surface area contributed by atoms with E-state index in [2.05, 4.69) is 0 Å². The molecule has 0 amide bonds. The number of hydrogen-bond donors (Lipinski definition) is 0. The highest BCUT2D eigenvalue weighted by molar-refractivity contribution is 6.14. The Kier molecular flexibility index (Phi) is 1.68. The van der Waals surface area contributed by atoms with E-state index in [1.165, 1.54) is 0 Å². The van der Waals surface area contributed by atoms with Crippen LogP contribution in [0.1, 0.15) is 25.7 Å². The van der Waals surface area contributed by atoms with Gasteiger partial charge in [0.1, 0.15) is 0 Å². The molecule has 0 spiro atoms. The zero-order valence-corrected chi connectivity index (χ0v) is 6.80. The van der Waals surface area contributed by atoms with Gasteiger partial charge in [-0.15, -0.1) is 0 Å². The van der Waals surface area contributed by atoms with E-state index in [0.29, 0.717) is 24.0 Å². The van der Waals surface area contributed by atoms with Gasteiger partial charge in [0.05, 0.1) is 0 Å². The molecule has 0 aromatic carbocycles. The smallest absolute Gasteiger partial charge is 0.163 e. The Morgan fingerprint density at radius 1 is 0.833 bits per heavy atom. The first-order valence-electron chi connectivity index (χ1n) is 4.26. The molecule has 12 heavy (non-hydrogen) atoms. The van der Waals surface area contributed by atoms with Crippen molar-refractivity contribution in [2.24, 2.45) is 0 Å². The van der Waals surface area contributed by atoms with E-state index in [-0.39, 0.29) is 11.6 Å². The molecule has 0 saturated heterocycles. The molecule has 0 unspecified atom stereocenters. The Balaban J connectivity index is 2.30. The zero-order valence-electron chi connectivity index (χ0n) is 6.80. The summed E-state index contributed by atoms with van der Waals surface area (Å²) < 4.78 is 0. The fourth-order valence-electron chi connectivity index (χ4n) is 1.71. The van der Waals surface area contributed by atoms with Crippen LogP contribution in [0.5, 0.6) is 0 Å². The Hall–Kier alpha value is -1.18. The van der Waals surface area contributed by atoms with Crippen molar-refractivity contribution >= 4 is 11.6 Å². The van der Waals surface area contributed by atoms with Gasteiger partial charge in [-0.1, -0.05) is 12.2 Å². The largest absolute Gasteiger partial charge is 0.294 e.